The lowest BCUT2D eigenvalue weighted by Crippen LogP contribution is -2.01. The SMILES string of the molecule is Cc1ccc(F)cc1C1OCCO1. The number of aryl methyl sites for hydroxylation is 1. The minimum absolute atomic E-state index is 0.250. The molecule has 0 radical (unpaired) electrons. The van der Waals surface area contributed by atoms with Crippen LogP contribution in [-0.4, -0.2) is 13.2 Å². The summed E-state index contributed by atoms with van der Waals surface area (Å²) in [5.41, 5.74) is 1.78. The minimum atomic E-state index is -0.379. The summed E-state index contributed by atoms with van der Waals surface area (Å²) in [7, 11) is 0. The van der Waals surface area contributed by atoms with Crippen LogP contribution in [0, 0.1) is 12.7 Å². The van der Waals surface area contributed by atoms with Crippen molar-refractivity contribution in [3.63, 3.8) is 0 Å². The molecule has 0 N–H and O–H groups in total. The summed E-state index contributed by atoms with van der Waals surface area (Å²) in [5, 5.41) is 0. The molecule has 1 aliphatic rings. The Morgan fingerprint density at radius 3 is 2.69 bits per heavy atom. The van der Waals surface area contributed by atoms with Crippen molar-refractivity contribution in [1.29, 1.82) is 0 Å². The molecule has 2 nitrogen and oxygen atoms in total. The zero-order valence-corrected chi connectivity index (χ0v) is 7.42. The third kappa shape index (κ3) is 1.71. The van der Waals surface area contributed by atoms with E-state index in [1.54, 1.807) is 6.07 Å². The van der Waals surface area contributed by atoms with Gasteiger partial charge in [-0.25, -0.2) is 4.39 Å². The molecule has 3 heteroatoms. The van der Waals surface area contributed by atoms with E-state index in [9.17, 15) is 4.39 Å². The van der Waals surface area contributed by atoms with Gasteiger partial charge in [0.2, 0.25) is 0 Å². The molecule has 13 heavy (non-hydrogen) atoms. The van der Waals surface area contributed by atoms with Crippen LogP contribution in [0.25, 0.3) is 0 Å². The van der Waals surface area contributed by atoms with Crippen LogP contribution in [0.3, 0.4) is 0 Å². The highest BCUT2D eigenvalue weighted by Crippen LogP contribution is 2.26. The van der Waals surface area contributed by atoms with Crippen LogP contribution in [0.4, 0.5) is 4.39 Å². The molecule has 0 atom stereocenters. The van der Waals surface area contributed by atoms with E-state index in [2.05, 4.69) is 0 Å². The van der Waals surface area contributed by atoms with Gasteiger partial charge in [-0.2, -0.15) is 0 Å². The Morgan fingerprint density at radius 2 is 2.00 bits per heavy atom. The molecule has 1 aliphatic heterocycles. The number of benzene rings is 1. The average molecular weight is 182 g/mol. The third-order valence-electron chi connectivity index (χ3n) is 2.12. The van der Waals surface area contributed by atoms with Crippen LogP contribution >= 0.6 is 0 Å². The molecule has 1 heterocycles. The van der Waals surface area contributed by atoms with Crippen LogP contribution in [0.15, 0.2) is 18.2 Å². The lowest BCUT2D eigenvalue weighted by molar-refractivity contribution is -0.0447. The second-order valence-corrected chi connectivity index (χ2v) is 3.07. The number of ether oxygens (including phenoxy) is 2. The molecule has 0 unspecified atom stereocenters. The van der Waals surface area contributed by atoms with Gasteiger partial charge in [0.1, 0.15) is 5.82 Å². The molecule has 2 rings (SSSR count). The molecule has 0 amide bonds. The number of hydrogen-bond donors (Lipinski definition) is 0. The van der Waals surface area contributed by atoms with E-state index in [0.717, 1.165) is 11.1 Å². The van der Waals surface area contributed by atoms with Gasteiger partial charge >= 0.3 is 0 Å². The highest BCUT2D eigenvalue weighted by atomic mass is 19.1. The van der Waals surface area contributed by atoms with E-state index in [1.807, 2.05) is 6.92 Å². The van der Waals surface area contributed by atoms with Gasteiger partial charge in [-0.15, -0.1) is 0 Å². The zero-order valence-electron chi connectivity index (χ0n) is 7.42. The van der Waals surface area contributed by atoms with Gasteiger partial charge < -0.3 is 9.47 Å². The van der Waals surface area contributed by atoms with E-state index < -0.39 is 0 Å². The monoisotopic (exact) mass is 182 g/mol. The Bertz CT molecular complexity index is 306. The fraction of sp³-hybridized carbons (Fsp3) is 0.400. The third-order valence-corrected chi connectivity index (χ3v) is 2.12. The Labute approximate surface area is 76.3 Å². The molecular formula is C10H11FO2. The first-order chi connectivity index (χ1) is 6.27. The van der Waals surface area contributed by atoms with Crippen LogP contribution in [0.5, 0.6) is 0 Å². The normalized spacial score (nSPS) is 18.0. The summed E-state index contributed by atoms with van der Waals surface area (Å²) in [6.07, 6.45) is -0.379. The summed E-state index contributed by atoms with van der Waals surface area (Å²) in [5.74, 6) is -0.250. The number of hydrogen-bond acceptors (Lipinski definition) is 2. The van der Waals surface area contributed by atoms with Gasteiger partial charge in [-0.3, -0.25) is 0 Å². The maximum Gasteiger partial charge on any atom is 0.184 e. The molecule has 0 spiro atoms. The van der Waals surface area contributed by atoms with Gasteiger partial charge in [0, 0.05) is 5.56 Å². The predicted octanol–water partition coefficient (Wildman–Crippen LogP) is 2.18. The van der Waals surface area contributed by atoms with Crippen molar-refractivity contribution in [2.45, 2.75) is 13.2 Å². The summed E-state index contributed by atoms with van der Waals surface area (Å²) in [6.45, 7) is 3.08. The molecule has 1 aromatic rings. The standard InChI is InChI=1S/C10H11FO2/c1-7-2-3-8(11)6-9(7)10-12-4-5-13-10/h2-3,6,10H,4-5H2,1H3. The Hall–Kier alpha value is -0.930. The first-order valence-electron chi connectivity index (χ1n) is 4.26. The maximum atomic E-state index is 12.9. The Morgan fingerprint density at radius 1 is 1.31 bits per heavy atom. The molecule has 0 aliphatic carbocycles. The highest BCUT2D eigenvalue weighted by molar-refractivity contribution is 5.27. The molecule has 0 bridgehead atoms. The van der Waals surface area contributed by atoms with Gasteiger partial charge in [-0.1, -0.05) is 6.07 Å². The molecular weight excluding hydrogens is 171 g/mol. The molecule has 1 saturated heterocycles. The molecule has 0 aromatic heterocycles. The van der Waals surface area contributed by atoms with E-state index in [-0.39, 0.29) is 12.1 Å². The summed E-state index contributed by atoms with van der Waals surface area (Å²) in [4.78, 5) is 0. The lowest BCUT2D eigenvalue weighted by Gasteiger charge is -2.11. The number of halogens is 1. The topological polar surface area (TPSA) is 18.5 Å². The van der Waals surface area contributed by atoms with Crippen molar-refractivity contribution in [3.05, 3.63) is 35.1 Å². The van der Waals surface area contributed by atoms with Crippen molar-refractivity contribution in [2.24, 2.45) is 0 Å². The first kappa shape index (κ1) is 8.66. The maximum absolute atomic E-state index is 12.9. The molecule has 0 saturated carbocycles. The summed E-state index contributed by atoms with van der Waals surface area (Å²) < 4.78 is 23.5. The van der Waals surface area contributed by atoms with Crippen molar-refractivity contribution in [3.8, 4) is 0 Å². The Kier molecular flexibility index (Phi) is 2.29. The minimum Gasteiger partial charge on any atom is -0.346 e. The predicted molar refractivity (Wildman–Crippen MR) is 45.8 cm³/mol. The van der Waals surface area contributed by atoms with E-state index >= 15 is 0 Å². The van der Waals surface area contributed by atoms with E-state index in [1.165, 1.54) is 12.1 Å². The second kappa shape index (κ2) is 3.44. The smallest absolute Gasteiger partial charge is 0.184 e. The molecule has 1 fully saturated rings. The van der Waals surface area contributed by atoms with Crippen molar-refractivity contribution >= 4 is 0 Å². The van der Waals surface area contributed by atoms with Crippen LogP contribution < -0.4 is 0 Å². The van der Waals surface area contributed by atoms with Gasteiger partial charge in [0.25, 0.3) is 0 Å². The summed E-state index contributed by atoms with van der Waals surface area (Å²) in [6, 6.07) is 4.63. The van der Waals surface area contributed by atoms with Gasteiger partial charge in [0.05, 0.1) is 13.2 Å². The quantitative estimate of drug-likeness (QED) is 0.662. The summed E-state index contributed by atoms with van der Waals surface area (Å²) >= 11 is 0. The number of rotatable bonds is 1. The second-order valence-electron chi connectivity index (χ2n) is 3.07. The largest absolute Gasteiger partial charge is 0.346 e. The zero-order chi connectivity index (χ0) is 9.26. The van der Waals surface area contributed by atoms with Crippen LogP contribution in [0.1, 0.15) is 17.4 Å². The first-order valence-corrected chi connectivity index (χ1v) is 4.26. The van der Waals surface area contributed by atoms with Crippen LogP contribution in [0.2, 0.25) is 0 Å². The van der Waals surface area contributed by atoms with E-state index in [4.69, 9.17) is 9.47 Å². The van der Waals surface area contributed by atoms with Crippen molar-refractivity contribution in [2.75, 3.05) is 13.2 Å². The lowest BCUT2D eigenvalue weighted by atomic mass is 10.1. The van der Waals surface area contributed by atoms with Crippen molar-refractivity contribution < 1.29 is 13.9 Å². The van der Waals surface area contributed by atoms with E-state index in [0.29, 0.717) is 13.2 Å². The van der Waals surface area contributed by atoms with Crippen LogP contribution in [-0.2, 0) is 9.47 Å². The highest BCUT2D eigenvalue weighted by Gasteiger charge is 2.20. The molecule has 70 valence electrons. The molecule has 1 aromatic carbocycles. The van der Waals surface area contributed by atoms with Gasteiger partial charge in [-0.05, 0) is 24.6 Å². The van der Waals surface area contributed by atoms with Crippen molar-refractivity contribution in [1.82, 2.24) is 0 Å². The van der Waals surface area contributed by atoms with Gasteiger partial charge in [0.15, 0.2) is 6.29 Å². The Balaban J connectivity index is 2.32. The fourth-order valence-electron chi connectivity index (χ4n) is 1.40. The fourth-order valence-corrected chi connectivity index (χ4v) is 1.40. The average Bonchev–Trinajstić information content (AvgIpc) is 2.61.